The van der Waals surface area contributed by atoms with E-state index in [1.807, 2.05) is 12.2 Å². The van der Waals surface area contributed by atoms with Gasteiger partial charge in [0.25, 0.3) is 5.69 Å². The van der Waals surface area contributed by atoms with Gasteiger partial charge in [-0.25, -0.2) is 4.98 Å². The minimum absolute atomic E-state index is 0.0721. The van der Waals surface area contributed by atoms with E-state index in [4.69, 9.17) is 0 Å². The van der Waals surface area contributed by atoms with Crippen molar-refractivity contribution in [1.82, 2.24) is 4.98 Å². The van der Waals surface area contributed by atoms with Crippen LogP contribution in [0.15, 0.2) is 36.4 Å². The Bertz CT molecular complexity index is 897. The Morgan fingerprint density at radius 3 is 2.73 bits per heavy atom. The van der Waals surface area contributed by atoms with E-state index < -0.39 is 4.92 Å². The van der Waals surface area contributed by atoms with Crippen molar-refractivity contribution in [3.63, 3.8) is 0 Å². The number of aryl methyl sites for hydroxylation is 2. The lowest BCUT2D eigenvalue weighted by molar-refractivity contribution is -0.384. The largest absolute Gasteiger partial charge is 0.271 e. The molecule has 0 fully saturated rings. The number of hydrogen-bond donors (Lipinski definition) is 0. The molecule has 1 heterocycles. The van der Waals surface area contributed by atoms with Gasteiger partial charge in [0.1, 0.15) is 5.01 Å². The summed E-state index contributed by atoms with van der Waals surface area (Å²) in [5, 5.41) is 11.6. The molecule has 0 amide bonds. The van der Waals surface area contributed by atoms with Gasteiger partial charge >= 0.3 is 0 Å². The van der Waals surface area contributed by atoms with E-state index in [1.54, 1.807) is 6.07 Å². The Morgan fingerprint density at radius 2 is 1.95 bits per heavy atom. The lowest BCUT2D eigenvalue weighted by atomic mass is 10.1. The van der Waals surface area contributed by atoms with Crippen molar-refractivity contribution < 1.29 is 4.92 Å². The van der Waals surface area contributed by atoms with Crippen LogP contribution in [0.25, 0.3) is 22.4 Å². The van der Waals surface area contributed by atoms with Crippen molar-refractivity contribution in [2.24, 2.45) is 0 Å². The van der Waals surface area contributed by atoms with Gasteiger partial charge in [0.15, 0.2) is 0 Å². The average Bonchev–Trinajstić information content (AvgIpc) is 2.90. The zero-order chi connectivity index (χ0) is 15.7. The molecule has 3 rings (SSSR count). The van der Waals surface area contributed by atoms with Crippen molar-refractivity contribution in [1.29, 1.82) is 0 Å². The summed E-state index contributed by atoms with van der Waals surface area (Å²) in [5.74, 6) is 0. The van der Waals surface area contributed by atoms with Gasteiger partial charge in [-0.05, 0) is 37.1 Å². The first-order valence-electron chi connectivity index (χ1n) is 6.83. The Hall–Kier alpha value is -2.53. The fourth-order valence-corrected chi connectivity index (χ4v) is 3.07. The van der Waals surface area contributed by atoms with E-state index in [2.05, 4.69) is 37.0 Å². The molecule has 0 aliphatic carbocycles. The third-order valence-electron chi connectivity index (χ3n) is 3.44. The fraction of sp³-hybridized carbons (Fsp3) is 0.118. The quantitative estimate of drug-likeness (QED) is 0.505. The molecular weight excluding hydrogens is 296 g/mol. The van der Waals surface area contributed by atoms with Gasteiger partial charge in [-0.1, -0.05) is 29.8 Å². The molecule has 110 valence electrons. The van der Waals surface area contributed by atoms with Crippen LogP contribution in [0.3, 0.4) is 0 Å². The van der Waals surface area contributed by atoms with Crippen LogP contribution in [0.5, 0.6) is 0 Å². The van der Waals surface area contributed by atoms with E-state index >= 15 is 0 Å². The van der Waals surface area contributed by atoms with Crippen molar-refractivity contribution in [2.45, 2.75) is 13.8 Å². The molecule has 0 aliphatic heterocycles. The van der Waals surface area contributed by atoms with Gasteiger partial charge in [0, 0.05) is 12.1 Å². The number of thiazole rings is 1. The molecule has 0 radical (unpaired) electrons. The molecule has 22 heavy (non-hydrogen) atoms. The maximum Gasteiger partial charge on any atom is 0.271 e. The number of fused-ring (bicyclic) bond motifs is 1. The van der Waals surface area contributed by atoms with Gasteiger partial charge in [-0.15, -0.1) is 11.3 Å². The number of hydrogen-bond acceptors (Lipinski definition) is 4. The third-order valence-corrected chi connectivity index (χ3v) is 4.44. The molecular formula is C17H14N2O2S. The van der Waals surface area contributed by atoms with E-state index in [-0.39, 0.29) is 5.69 Å². The van der Waals surface area contributed by atoms with E-state index in [9.17, 15) is 10.1 Å². The maximum absolute atomic E-state index is 10.8. The number of rotatable bonds is 3. The second kappa shape index (κ2) is 5.69. The Labute approximate surface area is 131 Å². The average molecular weight is 310 g/mol. The van der Waals surface area contributed by atoms with Crippen molar-refractivity contribution in [3.05, 3.63) is 68.2 Å². The Balaban J connectivity index is 1.95. The van der Waals surface area contributed by atoms with Crippen LogP contribution in [0, 0.1) is 24.0 Å². The number of aromatic nitrogens is 1. The summed E-state index contributed by atoms with van der Waals surface area (Å²) >= 11 is 1.53. The van der Waals surface area contributed by atoms with E-state index in [0.717, 1.165) is 15.3 Å². The number of nitrogens with zero attached hydrogens (tertiary/aromatic N) is 2. The summed E-state index contributed by atoms with van der Waals surface area (Å²) in [6.07, 6.45) is 3.99. The fourth-order valence-electron chi connectivity index (χ4n) is 2.22. The molecule has 3 aromatic rings. The van der Waals surface area contributed by atoms with Gasteiger partial charge < -0.3 is 0 Å². The Morgan fingerprint density at radius 1 is 1.14 bits per heavy atom. The minimum atomic E-state index is -0.398. The van der Waals surface area contributed by atoms with Gasteiger partial charge in [0.05, 0.1) is 15.1 Å². The highest BCUT2D eigenvalue weighted by atomic mass is 32.1. The summed E-state index contributed by atoms with van der Waals surface area (Å²) < 4.78 is 0.950. The second-order valence-electron chi connectivity index (χ2n) is 5.15. The standard InChI is InChI=1S/C17H14N2O2S/c1-11-3-4-12(2)13(9-11)5-8-17-18-15-10-14(19(20)21)6-7-16(15)22-17/h3-10H,1-2H3. The van der Waals surface area contributed by atoms with Crippen LogP contribution in [0.4, 0.5) is 5.69 Å². The minimum Gasteiger partial charge on any atom is -0.258 e. The zero-order valence-electron chi connectivity index (χ0n) is 12.2. The van der Waals surface area contributed by atoms with E-state index in [0.29, 0.717) is 5.52 Å². The summed E-state index contributed by atoms with van der Waals surface area (Å²) in [6.45, 7) is 4.13. The molecule has 0 N–H and O–H groups in total. The smallest absolute Gasteiger partial charge is 0.258 e. The predicted molar refractivity (Wildman–Crippen MR) is 91.1 cm³/mol. The van der Waals surface area contributed by atoms with Crippen LogP contribution in [0.2, 0.25) is 0 Å². The highest BCUT2D eigenvalue weighted by Gasteiger charge is 2.09. The van der Waals surface area contributed by atoms with Crippen molar-refractivity contribution >= 4 is 39.4 Å². The molecule has 0 saturated carbocycles. The van der Waals surface area contributed by atoms with Crippen molar-refractivity contribution in [3.8, 4) is 0 Å². The van der Waals surface area contributed by atoms with Crippen LogP contribution in [-0.4, -0.2) is 9.91 Å². The molecule has 0 unspecified atom stereocenters. The topological polar surface area (TPSA) is 56.0 Å². The molecule has 5 heteroatoms. The first kappa shape index (κ1) is 14.4. The van der Waals surface area contributed by atoms with E-state index in [1.165, 1.54) is 34.6 Å². The zero-order valence-corrected chi connectivity index (χ0v) is 13.1. The van der Waals surface area contributed by atoms with Gasteiger partial charge in [-0.2, -0.15) is 0 Å². The molecule has 0 saturated heterocycles. The number of nitro benzene ring substituents is 1. The summed E-state index contributed by atoms with van der Waals surface area (Å²) in [5.41, 5.74) is 4.32. The summed E-state index contributed by atoms with van der Waals surface area (Å²) in [7, 11) is 0. The number of non-ortho nitro benzene ring substituents is 1. The third kappa shape index (κ3) is 2.89. The lowest BCUT2D eigenvalue weighted by Gasteiger charge is -2.00. The lowest BCUT2D eigenvalue weighted by Crippen LogP contribution is -1.86. The highest BCUT2D eigenvalue weighted by Crippen LogP contribution is 2.27. The van der Waals surface area contributed by atoms with Crippen LogP contribution >= 0.6 is 11.3 Å². The van der Waals surface area contributed by atoms with Crippen LogP contribution in [-0.2, 0) is 0 Å². The highest BCUT2D eigenvalue weighted by molar-refractivity contribution is 7.19. The van der Waals surface area contributed by atoms with Crippen LogP contribution < -0.4 is 0 Å². The van der Waals surface area contributed by atoms with Gasteiger partial charge in [-0.3, -0.25) is 10.1 Å². The molecule has 0 atom stereocenters. The maximum atomic E-state index is 10.8. The van der Waals surface area contributed by atoms with Gasteiger partial charge in [0.2, 0.25) is 0 Å². The first-order valence-corrected chi connectivity index (χ1v) is 7.65. The molecule has 0 bridgehead atoms. The molecule has 4 nitrogen and oxygen atoms in total. The summed E-state index contributed by atoms with van der Waals surface area (Å²) in [4.78, 5) is 14.9. The molecule has 2 aromatic carbocycles. The first-order chi connectivity index (χ1) is 10.5. The number of benzene rings is 2. The van der Waals surface area contributed by atoms with Crippen molar-refractivity contribution in [2.75, 3.05) is 0 Å². The molecule has 1 aromatic heterocycles. The molecule has 0 aliphatic rings. The normalized spacial score (nSPS) is 11.4. The number of nitro groups is 1. The molecule has 0 spiro atoms. The monoisotopic (exact) mass is 310 g/mol. The second-order valence-corrected chi connectivity index (χ2v) is 6.22. The Kier molecular flexibility index (Phi) is 3.73. The summed E-state index contributed by atoms with van der Waals surface area (Å²) in [6, 6.07) is 11.1. The predicted octanol–water partition coefficient (Wildman–Crippen LogP) is 4.99. The van der Waals surface area contributed by atoms with Crippen LogP contribution in [0.1, 0.15) is 21.7 Å². The SMILES string of the molecule is Cc1ccc(C)c(C=Cc2nc3cc([N+](=O)[O-])ccc3s2)c1.